The Morgan fingerprint density at radius 2 is 1.81 bits per heavy atom. The van der Waals surface area contributed by atoms with Crippen LogP contribution < -0.4 is 10.6 Å². The van der Waals surface area contributed by atoms with Crippen molar-refractivity contribution in [2.75, 3.05) is 13.1 Å². The topological polar surface area (TPSA) is 69.8 Å². The average Bonchev–Trinajstić information content (AvgIpc) is 3.11. The van der Waals surface area contributed by atoms with Crippen LogP contribution in [0.4, 0.5) is 0 Å². The molecule has 5 heteroatoms. The molecule has 1 aromatic heterocycles. The number of aromatic amines is 1. The second-order valence-corrected chi connectivity index (χ2v) is 6.61. The molecule has 2 aromatic carbocycles. The van der Waals surface area contributed by atoms with Crippen LogP contribution in [0.25, 0.3) is 23.1 Å². The van der Waals surface area contributed by atoms with Gasteiger partial charge in [0.05, 0.1) is 11.2 Å². The van der Waals surface area contributed by atoms with Crippen molar-refractivity contribution in [3.63, 3.8) is 0 Å². The Bertz CT molecular complexity index is 921. The smallest absolute Gasteiger partial charge is 0.251 e. The lowest BCUT2D eigenvalue weighted by atomic mass is 10.1. The molecule has 0 radical (unpaired) electrons. The second-order valence-electron chi connectivity index (χ2n) is 6.61. The fourth-order valence-corrected chi connectivity index (χ4v) is 3.27. The Morgan fingerprint density at radius 1 is 1.04 bits per heavy atom. The van der Waals surface area contributed by atoms with Gasteiger partial charge < -0.3 is 10.6 Å². The van der Waals surface area contributed by atoms with E-state index in [1.165, 1.54) is 0 Å². The number of carbonyl (C=O) groups is 1. The lowest BCUT2D eigenvalue weighted by Crippen LogP contribution is -2.42. The number of benzene rings is 2. The molecule has 1 aliphatic rings. The molecule has 132 valence electrons. The molecule has 3 aromatic rings. The highest BCUT2D eigenvalue weighted by molar-refractivity contribution is 5.95. The van der Waals surface area contributed by atoms with Crippen molar-refractivity contribution in [3.8, 4) is 0 Å². The molecule has 1 fully saturated rings. The first-order valence-corrected chi connectivity index (χ1v) is 9.02. The summed E-state index contributed by atoms with van der Waals surface area (Å²) < 4.78 is 0. The Labute approximate surface area is 152 Å². The third kappa shape index (κ3) is 3.68. The minimum Gasteiger partial charge on any atom is -0.349 e. The van der Waals surface area contributed by atoms with Crippen LogP contribution in [0, 0.1) is 0 Å². The van der Waals surface area contributed by atoms with Gasteiger partial charge >= 0.3 is 0 Å². The fourth-order valence-electron chi connectivity index (χ4n) is 3.27. The third-order valence-electron chi connectivity index (χ3n) is 4.78. The number of amides is 1. The van der Waals surface area contributed by atoms with E-state index < -0.39 is 0 Å². The number of aromatic nitrogens is 2. The van der Waals surface area contributed by atoms with Gasteiger partial charge in [-0.2, -0.15) is 5.10 Å². The van der Waals surface area contributed by atoms with Gasteiger partial charge in [-0.15, -0.1) is 0 Å². The number of para-hydroxylation sites is 1. The molecule has 5 nitrogen and oxygen atoms in total. The van der Waals surface area contributed by atoms with E-state index in [1.807, 2.05) is 60.7 Å². The Kier molecular flexibility index (Phi) is 4.80. The van der Waals surface area contributed by atoms with Crippen molar-refractivity contribution < 1.29 is 4.79 Å². The zero-order valence-electron chi connectivity index (χ0n) is 14.5. The summed E-state index contributed by atoms with van der Waals surface area (Å²) in [5.74, 6) is 0.00530. The molecule has 1 aliphatic heterocycles. The monoisotopic (exact) mass is 346 g/mol. The highest BCUT2D eigenvalue weighted by Gasteiger charge is 2.16. The van der Waals surface area contributed by atoms with Gasteiger partial charge in [0.15, 0.2) is 0 Å². The minimum atomic E-state index is 0.00530. The molecule has 4 rings (SSSR count). The van der Waals surface area contributed by atoms with Crippen molar-refractivity contribution in [1.82, 2.24) is 20.8 Å². The van der Waals surface area contributed by atoms with Gasteiger partial charge in [-0.05, 0) is 55.8 Å². The van der Waals surface area contributed by atoms with E-state index in [0.717, 1.165) is 48.1 Å². The summed E-state index contributed by atoms with van der Waals surface area (Å²) in [6.07, 6.45) is 5.98. The minimum absolute atomic E-state index is 0.00530. The van der Waals surface area contributed by atoms with E-state index in [9.17, 15) is 4.79 Å². The molecule has 1 saturated heterocycles. The summed E-state index contributed by atoms with van der Waals surface area (Å²) in [5.41, 5.74) is 3.67. The van der Waals surface area contributed by atoms with Gasteiger partial charge in [-0.1, -0.05) is 36.4 Å². The van der Waals surface area contributed by atoms with Crippen LogP contribution in [0.5, 0.6) is 0 Å². The van der Waals surface area contributed by atoms with Gasteiger partial charge in [0.2, 0.25) is 0 Å². The van der Waals surface area contributed by atoms with Crippen molar-refractivity contribution in [2.24, 2.45) is 0 Å². The second kappa shape index (κ2) is 7.54. The van der Waals surface area contributed by atoms with E-state index in [4.69, 9.17) is 0 Å². The summed E-state index contributed by atoms with van der Waals surface area (Å²) in [6, 6.07) is 16.0. The van der Waals surface area contributed by atoms with E-state index in [1.54, 1.807) is 0 Å². The van der Waals surface area contributed by atoms with Crippen molar-refractivity contribution in [2.45, 2.75) is 18.9 Å². The predicted octanol–water partition coefficient (Wildman–Crippen LogP) is 3.22. The summed E-state index contributed by atoms with van der Waals surface area (Å²) in [7, 11) is 0. The molecule has 26 heavy (non-hydrogen) atoms. The first-order chi connectivity index (χ1) is 12.8. The van der Waals surface area contributed by atoms with E-state index >= 15 is 0 Å². The maximum Gasteiger partial charge on any atom is 0.251 e. The standard InChI is InChI=1S/C21H22N4O/c26-21(23-17-11-13-22-14-12-17)16-8-5-15(6-9-16)7-10-20-18-3-1-2-4-19(18)24-25-20/h1-10,17,22H,11-14H2,(H,23,26)(H,24,25). The molecule has 0 unspecified atom stereocenters. The van der Waals surface area contributed by atoms with Crippen LogP contribution in [-0.4, -0.2) is 35.2 Å². The largest absolute Gasteiger partial charge is 0.349 e. The van der Waals surface area contributed by atoms with Crippen LogP contribution in [-0.2, 0) is 0 Å². The van der Waals surface area contributed by atoms with Gasteiger partial charge in [-0.3, -0.25) is 9.89 Å². The summed E-state index contributed by atoms with van der Waals surface area (Å²) in [6.45, 7) is 1.94. The average molecular weight is 346 g/mol. The molecular weight excluding hydrogens is 324 g/mol. The van der Waals surface area contributed by atoms with Crippen LogP contribution in [0.3, 0.4) is 0 Å². The van der Waals surface area contributed by atoms with E-state index in [0.29, 0.717) is 5.56 Å². The first-order valence-electron chi connectivity index (χ1n) is 9.02. The van der Waals surface area contributed by atoms with Gasteiger partial charge in [0.1, 0.15) is 0 Å². The number of nitrogens with one attached hydrogen (secondary N) is 3. The SMILES string of the molecule is O=C(NC1CCNCC1)c1ccc(C=Cc2n[nH]c3ccccc23)cc1. The number of nitrogens with zero attached hydrogens (tertiary/aromatic N) is 1. The maximum atomic E-state index is 12.4. The van der Waals surface area contributed by atoms with Crippen LogP contribution >= 0.6 is 0 Å². The number of piperidine rings is 1. The van der Waals surface area contributed by atoms with Crippen molar-refractivity contribution in [3.05, 3.63) is 65.4 Å². The number of hydrogen-bond acceptors (Lipinski definition) is 3. The summed E-state index contributed by atoms with van der Waals surface area (Å²) >= 11 is 0. The maximum absolute atomic E-state index is 12.4. The van der Waals surface area contributed by atoms with Crippen LogP contribution in [0.1, 0.15) is 34.5 Å². The fraction of sp³-hybridized carbons (Fsp3) is 0.238. The molecule has 0 spiro atoms. The van der Waals surface area contributed by atoms with Gasteiger partial charge in [0, 0.05) is 17.0 Å². The Morgan fingerprint density at radius 3 is 2.62 bits per heavy atom. The predicted molar refractivity (Wildman–Crippen MR) is 105 cm³/mol. The van der Waals surface area contributed by atoms with Crippen molar-refractivity contribution in [1.29, 1.82) is 0 Å². The zero-order valence-corrected chi connectivity index (χ0v) is 14.5. The molecule has 3 N–H and O–H groups in total. The summed E-state index contributed by atoms with van der Waals surface area (Å²) in [5, 5.41) is 14.9. The Hall–Kier alpha value is -2.92. The molecule has 1 amide bonds. The van der Waals surface area contributed by atoms with E-state index in [-0.39, 0.29) is 11.9 Å². The highest BCUT2D eigenvalue weighted by Crippen LogP contribution is 2.18. The van der Waals surface area contributed by atoms with Crippen LogP contribution in [0.2, 0.25) is 0 Å². The molecule has 0 atom stereocenters. The molecule has 0 saturated carbocycles. The number of rotatable bonds is 4. The van der Waals surface area contributed by atoms with Gasteiger partial charge in [0.25, 0.3) is 5.91 Å². The highest BCUT2D eigenvalue weighted by atomic mass is 16.1. The number of H-pyrrole nitrogens is 1. The molecule has 0 aliphatic carbocycles. The van der Waals surface area contributed by atoms with Crippen LogP contribution in [0.15, 0.2) is 48.5 Å². The lowest BCUT2D eigenvalue weighted by Gasteiger charge is -2.23. The third-order valence-corrected chi connectivity index (χ3v) is 4.78. The lowest BCUT2D eigenvalue weighted by molar-refractivity contribution is 0.0929. The quantitative estimate of drug-likeness (QED) is 0.679. The molecule has 0 bridgehead atoms. The summed E-state index contributed by atoms with van der Waals surface area (Å²) in [4.78, 5) is 12.4. The normalized spacial score (nSPS) is 15.5. The number of hydrogen-bond donors (Lipinski definition) is 3. The molecular formula is C21H22N4O. The van der Waals surface area contributed by atoms with Crippen molar-refractivity contribution >= 4 is 29.0 Å². The molecule has 2 heterocycles. The number of carbonyl (C=O) groups excluding carboxylic acids is 1. The van der Waals surface area contributed by atoms with E-state index in [2.05, 4.69) is 20.8 Å². The van der Waals surface area contributed by atoms with Gasteiger partial charge in [-0.25, -0.2) is 0 Å². The zero-order chi connectivity index (χ0) is 17.8. The first kappa shape index (κ1) is 16.5. The Balaban J connectivity index is 1.43. The number of fused-ring (bicyclic) bond motifs is 1.